The molecule has 0 bridgehead atoms. The van der Waals surface area contributed by atoms with E-state index < -0.39 is 0 Å². The van der Waals surface area contributed by atoms with Gasteiger partial charge in [0, 0.05) is 36.1 Å². The van der Waals surface area contributed by atoms with Crippen molar-refractivity contribution in [1.82, 2.24) is 5.32 Å². The zero-order chi connectivity index (χ0) is 14.4. The van der Waals surface area contributed by atoms with Gasteiger partial charge >= 0.3 is 0 Å². The van der Waals surface area contributed by atoms with Crippen molar-refractivity contribution in [3.8, 4) is 0 Å². The molecule has 3 fully saturated rings. The van der Waals surface area contributed by atoms with E-state index in [0.29, 0.717) is 29.0 Å². The number of fused-ring (bicyclic) bond motifs is 2. The van der Waals surface area contributed by atoms with Gasteiger partial charge in [-0.3, -0.25) is 0 Å². The van der Waals surface area contributed by atoms with Crippen molar-refractivity contribution in [2.45, 2.75) is 51.0 Å². The van der Waals surface area contributed by atoms with Crippen LogP contribution in [-0.4, -0.2) is 23.9 Å². The van der Waals surface area contributed by atoms with Crippen molar-refractivity contribution in [3.05, 3.63) is 35.1 Å². The lowest BCUT2D eigenvalue weighted by Crippen LogP contribution is -2.70. The summed E-state index contributed by atoms with van der Waals surface area (Å²) >= 11 is 0. The summed E-state index contributed by atoms with van der Waals surface area (Å²) in [6.07, 6.45) is 5.50. The van der Waals surface area contributed by atoms with Crippen LogP contribution in [0, 0.1) is 17.2 Å². The highest BCUT2D eigenvalue weighted by molar-refractivity contribution is 5.25. The number of aliphatic hydroxyl groups is 1. The predicted octanol–water partition coefficient (Wildman–Crippen LogP) is 2.37. The molecule has 0 unspecified atom stereocenters. The maximum absolute atomic E-state index is 13.4. The lowest BCUT2D eigenvalue weighted by molar-refractivity contribution is -0.176. The Kier molecular flexibility index (Phi) is 3.28. The molecule has 2 saturated carbocycles. The monoisotopic (exact) mass is 291 g/mol. The molecule has 1 heterocycles. The summed E-state index contributed by atoms with van der Waals surface area (Å²) in [6.45, 7) is 1.40. The van der Waals surface area contributed by atoms with Gasteiger partial charge in [0.15, 0.2) is 0 Å². The van der Waals surface area contributed by atoms with Gasteiger partial charge in [-0.15, -0.1) is 0 Å². The quantitative estimate of drug-likeness (QED) is 0.895. The second kappa shape index (κ2) is 5.04. The van der Waals surface area contributed by atoms with E-state index in [1.165, 1.54) is 25.3 Å². The van der Waals surface area contributed by atoms with Gasteiger partial charge in [-0.05, 0) is 37.0 Å². The van der Waals surface area contributed by atoms with Gasteiger partial charge in [0.1, 0.15) is 5.82 Å². The fourth-order valence-corrected chi connectivity index (χ4v) is 4.65. The smallest absolute Gasteiger partial charge is 0.128 e. The molecule has 2 N–H and O–H groups in total. The molecule has 0 amide bonds. The minimum atomic E-state index is -0.329. The number of halogens is 1. The third-order valence-electron chi connectivity index (χ3n) is 5.84. The van der Waals surface area contributed by atoms with Crippen LogP contribution < -0.4 is 5.32 Å². The van der Waals surface area contributed by atoms with E-state index in [1.807, 2.05) is 0 Å². The molecule has 4 rings (SSSR count). The zero-order valence-corrected chi connectivity index (χ0v) is 12.1. The fraction of sp³-hybridized carbons (Fsp3) is 0.647. The van der Waals surface area contributed by atoms with Gasteiger partial charge in [0.05, 0.1) is 12.7 Å². The molecule has 0 aromatic heterocycles. The molecule has 4 heteroatoms. The number of rotatable bonds is 4. The Labute approximate surface area is 124 Å². The number of hydrogen-bond donors (Lipinski definition) is 2. The predicted molar refractivity (Wildman–Crippen MR) is 77.1 cm³/mol. The highest BCUT2D eigenvalue weighted by Gasteiger charge is 2.66. The number of benzene rings is 1. The van der Waals surface area contributed by atoms with Crippen molar-refractivity contribution >= 4 is 0 Å². The molecule has 1 saturated heterocycles. The van der Waals surface area contributed by atoms with Crippen molar-refractivity contribution in [1.29, 1.82) is 0 Å². The summed E-state index contributed by atoms with van der Waals surface area (Å²) in [6, 6.07) is 5.55. The molecule has 21 heavy (non-hydrogen) atoms. The minimum Gasteiger partial charge on any atom is -0.392 e. The minimum absolute atomic E-state index is 0.244. The maximum Gasteiger partial charge on any atom is 0.128 e. The van der Waals surface area contributed by atoms with Gasteiger partial charge in [0.2, 0.25) is 0 Å². The van der Waals surface area contributed by atoms with Gasteiger partial charge < -0.3 is 15.2 Å². The molecule has 1 spiro atoms. The largest absolute Gasteiger partial charge is 0.392 e. The highest BCUT2D eigenvalue weighted by atomic mass is 19.1. The van der Waals surface area contributed by atoms with Crippen LogP contribution in [0.5, 0.6) is 0 Å². The molecule has 3 nitrogen and oxygen atoms in total. The first kappa shape index (κ1) is 13.7. The number of aliphatic hydroxyl groups excluding tert-OH is 1. The summed E-state index contributed by atoms with van der Waals surface area (Å²) < 4.78 is 19.3. The van der Waals surface area contributed by atoms with E-state index in [-0.39, 0.29) is 12.4 Å². The molecule has 2 aliphatic carbocycles. The van der Waals surface area contributed by atoms with E-state index in [2.05, 4.69) is 5.32 Å². The Bertz CT molecular complexity index is 544. The van der Waals surface area contributed by atoms with Crippen molar-refractivity contribution in [2.24, 2.45) is 11.3 Å². The van der Waals surface area contributed by atoms with Crippen LogP contribution in [0.2, 0.25) is 0 Å². The Hall–Kier alpha value is -0.970. The molecule has 1 aliphatic heterocycles. The van der Waals surface area contributed by atoms with E-state index in [9.17, 15) is 4.39 Å². The third-order valence-corrected chi connectivity index (χ3v) is 5.84. The van der Waals surface area contributed by atoms with Crippen LogP contribution in [-0.2, 0) is 17.9 Å². The summed E-state index contributed by atoms with van der Waals surface area (Å²) in [4.78, 5) is 0. The van der Waals surface area contributed by atoms with Crippen molar-refractivity contribution < 1.29 is 14.2 Å². The summed E-state index contributed by atoms with van der Waals surface area (Å²) in [7, 11) is 0. The molecule has 0 radical (unpaired) electrons. The van der Waals surface area contributed by atoms with E-state index in [4.69, 9.17) is 9.84 Å². The topological polar surface area (TPSA) is 41.5 Å². The van der Waals surface area contributed by atoms with Gasteiger partial charge in [-0.2, -0.15) is 0 Å². The summed E-state index contributed by atoms with van der Waals surface area (Å²) in [5, 5.41) is 12.8. The first-order valence-corrected chi connectivity index (χ1v) is 7.98. The molecular formula is C17H22FNO2. The summed E-state index contributed by atoms with van der Waals surface area (Å²) in [5.74, 6) is 0.327. The molecule has 3 aliphatic rings. The van der Waals surface area contributed by atoms with Crippen LogP contribution in [0.25, 0.3) is 0 Å². The molecule has 3 atom stereocenters. The maximum atomic E-state index is 13.4. The Morgan fingerprint density at radius 2 is 2.24 bits per heavy atom. The fourth-order valence-electron chi connectivity index (χ4n) is 4.65. The van der Waals surface area contributed by atoms with E-state index in [1.54, 1.807) is 12.1 Å². The van der Waals surface area contributed by atoms with Gasteiger partial charge in [-0.1, -0.05) is 12.5 Å². The van der Waals surface area contributed by atoms with Crippen LogP contribution in [0.4, 0.5) is 4.39 Å². The number of nitrogens with one attached hydrogen (secondary N) is 1. The highest BCUT2D eigenvalue weighted by Crippen LogP contribution is 2.62. The van der Waals surface area contributed by atoms with Crippen LogP contribution >= 0.6 is 0 Å². The molecule has 1 aromatic rings. The van der Waals surface area contributed by atoms with Crippen LogP contribution in [0.1, 0.15) is 36.8 Å². The normalized spacial score (nSPS) is 32.6. The van der Waals surface area contributed by atoms with Crippen LogP contribution in [0.15, 0.2) is 18.2 Å². The lowest BCUT2D eigenvalue weighted by Gasteiger charge is -2.63. The average Bonchev–Trinajstić information content (AvgIpc) is 2.84. The summed E-state index contributed by atoms with van der Waals surface area (Å²) in [5.41, 5.74) is 1.79. The first-order chi connectivity index (χ1) is 10.2. The Balaban J connectivity index is 1.45. The number of ether oxygens (including phenoxy) is 1. The zero-order valence-electron chi connectivity index (χ0n) is 12.1. The lowest BCUT2D eigenvalue weighted by atomic mass is 9.46. The Morgan fingerprint density at radius 1 is 1.38 bits per heavy atom. The second-order valence-electron chi connectivity index (χ2n) is 6.77. The first-order valence-electron chi connectivity index (χ1n) is 7.98. The van der Waals surface area contributed by atoms with Gasteiger partial charge in [-0.25, -0.2) is 4.39 Å². The SMILES string of the molecule is OCc1cc(CN[C@@H]2[C@H]3CCO[C@H]3C23CCC3)ccc1F. The third kappa shape index (κ3) is 1.96. The van der Waals surface area contributed by atoms with Crippen molar-refractivity contribution in [2.75, 3.05) is 6.61 Å². The van der Waals surface area contributed by atoms with E-state index in [0.717, 1.165) is 25.1 Å². The molecule has 114 valence electrons. The Morgan fingerprint density at radius 3 is 2.95 bits per heavy atom. The standard InChI is InChI=1S/C17H22FNO2/c18-14-3-2-11(8-12(14)10-20)9-19-15-13-4-7-21-16(13)17(15)5-1-6-17/h2-3,8,13,15-16,19-20H,1,4-7,9-10H2/t13-,15-,16-/m1/s1. The van der Waals surface area contributed by atoms with Crippen LogP contribution in [0.3, 0.4) is 0 Å². The van der Waals surface area contributed by atoms with Gasteiger partial charge in [0.25, 0.3) is 0 Å². The molecular weight excluding hydrogens is 269 g/mol. The number of hydrogen-bond acceptors (Lipinski definition) is 3. The van der Waals surface area contributed by atoms with E-state index >= 15 is 0 Å². The second-order valence-corrected chi connectivity index (χ2v) is 6.77. The average molecular weight is 291 g/mol. The molecule has 1 aromatic carbocycles. The van der Waals surface area contributed by atoms with Crippen molar-refractivity contribution in [3.63, 3.8) is 0 Å².